The van der Waals surface area contributed by atoms with Crippen molar-refractivity contribution in [2.75, 3.05) is 26.3 Å². The van der Waals surface area contributed by atoms with E-state index in [0.29, 0.717) is 55.7 Å². The number of esters is 1. The van der Waals surface area contributed by atoms with E-state index in [9.17, 15) is 13.6 Å². The van der Waals surface area contributed by atoms with E-state index in [4.69, 9.17) is 30.8 Å². The van der Waals surface area contributed by atoms with Crippen LogP contribution in [0, 0.1) is 11.6 Å². The van der Waals surface area contributed by atoms with Crippen molar-refractivity contribution < 1.29 is 27.8 Å². The summed E-state index contributed by atoms with van der Waals surface area (Å²) < 4.78 is 47.5. The van der Waals surface area contributed by atoms with Gasteiger partial charge in [-0.3, -0.25) is 4.90 Å². The summed E-state index contributed by atoms with van der Waals surface area (Å²) in [4.78, 5) is 27.5. The number of carbonyl (C=O) groups excluding carboxylic acids is 1. The smallest absolute Gasteiger partial charge is 0.358 e. The first-order valence-corrected chi connectivity index (χ1v) is 14.6. The zero-order valence-electron chi connectivity index (χ0n) is 23.5. The summed E-state index contributed by atoms with van der Waals surface area (Å²) in [7, 11) is 0. The minimum Gasteiger partial charge on any atom is -0.472 e. The van der Waals surface area contributed by atoms with E-state index in [1.54, 1.807) is 25.1 Å². The number of hydrogen-bond donors (Lipinski definition) is 0. The van der Waals surface area contributed by atoms with Gasteiger partial charge < -0.3 is 18.8 Å². The SMILES string of the molecule is CCOC(=O)c1cc2nc(CN3CCC(Oc4nc(Cc5ccc(Cl)cc5F)ncc4F)CC3)n(C[C@@H]3CCO3)c2nn1. The maximum Gasteiger partial charge on any atom is 0.358 e. The van der Waals surface area contributed by atoms with Crippen LogP contribution in [-0.4, -0.2) is 79.1 Å². The normalized spacial score (nSPS) is 17.6. The predicted molar refractivity (Wildman–Crippen MR) is 151 cm³/mol. The molecular weight excluding hydrogens is 584 g/mol. The number of piperidine rings is 1. The Morgan fingerprint density at radius 2 is 1.93 bits per heavy atom. The molecule has 43 heavy (non-hydrogen) atoms. The lowest BCUT2D eigenvalue weighted by atomic mass is 10.1. The highest BCUT2D eigenvalue weighted by Gasteiger charge is 2.27. The molecule has 226 valence electrons. The third kappa shape index (κ3) is 6.73. The van der Waals surface area contributed by atoms with E-state index in [2.05, 4.69) is 25.1 Å². The van der Waals surface area contributed by atoms with Gasteiger partial charge in [0.1, 0.15) is 29.1 Å². The van der Waals surface area contributed by atoms with Crippen LogP contribution in [0.5, 0.6) is 5.88 Å². The van der Waals surface area contributed by atoms with Gasteiger partial charge in [-0.2, -0.15) is 9.37 Å². The summed E-state index contributed by atoms with van der Waals surface area (Å²) in [6.45, 7) is 5.20. The molecule has 1 aromatic carbocycles. The van der Waals surface area contributed by atoms with Crippen LogP contribution in [0.15, 0.2) is 30.5 Å². The minimum absolute atomic E-state index is 0.0747. The number of fused-ring (bicyclic) bond motifs is 1. The number of halogens is 3. The lowest BCUT2D eigenvalue weighted by molar-refractivity contribution is -0.0593. The van der Waals surface area contributed by atoms with Crippen LogP contribution in [0.4, 0.5) is 8.78 Å². The molecule has 2 saturated heterocycles. The first-order chi connectivity index (χ1) is 20.9. The van der Waals surface area contributed by atoms with Crippen LogP contribution >= 0.6 is 11.6 Å². The summed E-state index contributed by atoms with van der Waals surface area (Å²) in [5, 5.41) is 8.66. The van der Waals surface area contributed by atoms with E-state index >= 15 is 0 Å². The van der Waals surface area contributed by atoms with Crippen molar-refractivity contribution in [3.63, 3.8) is 0 Å². The molecule has 0 N–H and O–H groups in total. The van der Waals surface area contributed by atoms with Crippen molar-refractivity contribution in [3.05, 3.63) is 70.0 Å². The Bertz CT molecular complexity index is 1630. The largest absolute Gasteiger partial charge is 0.472 e. The standard InChI is InChI=1S/C29H30ClF2N7O4/c1-2-41-29(40)24-13-23-27(37-36-24)39(15-20-7-10-42-20)26(34-23)16-38-8-5-19(6-9-38)43-28-22(32)14-33-25(35-28)11-17-3-4-18(30)12-21(17)31/h3-4,12-14,19-20H,2,5-11,15-16H2,1H3/t20-/m0/s1. The van der Waals surface area contributed by atoms with Gasteiger partial charge >= 0.3 is 5.97 Å². The van der Waals surface area contributed by atoms with E-state index in [-0.39, 0.29) is 47.7 Å². The highest BCUT2D eigenvalue weighted by atomic mass is 35.5. The number of benzene rings is 1. The van der Waals surface area contributed by atoms with E-state index in [0.717, 1.165) is 25.0 Å². The van der Waals surface area contributed by atoms with Gasteiger partial charge in [-0.1, -0.05) is 17.7 Å². The zero-order valence-corrected chi connectivity index (χ0v) is 24.3. The Hall–Kier alpha value is -3.81. The van der Waals surface area contributed by atoms with E-state index in [1.165, 1.54) is 6.07 Å². The van der Waals surface area contributed by atoms with Gasteiger partial charge in [-0.05, 0) is 43.9 Å². The number of aromatic nitrogens is 6. The van der Waals surface area contributed by atoms with Crippen molar-refractivity contribution >= 4 is 28.7 Å². The number of likely N-dealkylation sites (tertiary alicyclic amines) is 1. The van der Waals surface area contributed by atoms with Crippen molar-refractivity contribution in [2.45, 2.75) is 57.9 Å². The van der Waals surface area contributed by atoms with Crippen molar-refractivity contribution in [1.82, 2.24) is 34.6 Å². The molecule has 4 aromatic rings. The summed E-state index contributed by atoms with van der Waals surface area (Å²) in [5.41, 5.74) is 1.62. The molecule has 0 aliphatic carbocycles. The van der Waals surface area contributed by atoms with E-state index < -0.39 is 17.6 Å². The molecule has 2 fully saturated rings. The number of carbonyl (C=O) groups is 1. The second kappa shape index (κ2) is 12.8. The molecule has 3 aromatic heterocycles. The fraction of sp³-hybridized carbons (Fsp3) is 0.448. The van der Waals surface area contributed by atoms with Crippen LogP contribution < -0.4 is 4.74 Å². The highest BCUT2D eigenvalue weighted by Crippen LogP contribution is 2.25. The zero-order chi connectivity index (χ0) is 29.9. The lowest BCUT2D eigenvalue weighted by Gasteiger charge is -2.32. The van der Waals surface area contributed by atoms with Gasteiger partial charge in [0.05, 0.1) is 32.0 Å². The summed E-state index contributed by atoms with van der Waals surface area (Å²) >= 11 is 5.84. The van der Waals surface area contributed by atoms with Gasteiger partial charge in [-0.15, -0.1) is 10.2 Å². The molecule has 11 nitrogen and oxygen atoms in total. The molecule has 0 saturated carbocycles. The lowest BCUT2D eigenvalue weighted by Crippen LogP contribution is -2.39. The van der Waals surface area contributed by atoms with Crippen molar-refractivity contribution in [2.24, 2.45) is 0 Å². The van der Waals surface area contributed by atoms with E-state index in [1.807, 2.05) is 4.57 Å². The van der Waals surface area contributed by atoms with Gasteiger partial charge in [0.25, 0.3) is 5.88 Å². The average molecular weight is 614 g/mol. The van der Waals surface area contributed by atoms with Crippen molar-refractivity contribution in [1.29, 1.82) is 0 Å². The third-order valence-electron chi connectivity index (χ3n) is 7.54. The second-order valence-electron chi connectivity index (χ2n) is 10.5. The minimum atomic E-state index is -0.669. The Morgan fingerprint density at radius 1 is 1.12 bits per heavy atom. The first kappa shape index (κ1) is 29.3. The molecule has 0 spiro atoms. The van der Waals surface area contributed by atoms with Crippen LogP contribution in [0.1, 0.15) is 53.9 Å². The van der Waals surface area contributed by atoms with Crippen LogP contribution in [0.2, 0.25) is 5.02 Å². The van der Waals surface area contributed by atoms with Crippen molar-refractivity contribution in [3.8, 4) is 5.88 Å². The van der Waals surface area contributed by atoms with Gasteiger partial charge in [-0.25, -0.2) is 19.2 Å². The van der Waals surface area contributed by atoms with Gasteiger partial charge in [0.15, 0.2) is 11.3 Å². The van der Waals surface area contributed by atoms with Gasteiger partial charge in [0, 0.05) is 37.2 Å². The fourth-order valence-corrected chi connectivity index (χ4v) is 5.31. The highest BCUT2D eigenvalue weighted by molar-refractivity contribution is 6.30. The fourth-order valence-electron chi connectivity index (χ4n) is 5.15. The molecule has 2 aliphatic heterocycles. The van der Waals surface area contributed by atoms with Crippen LogP contribution in [-0.2, 0) is 29.0 Å². The summed E-state index contributed by atoms with van der Waals surface area (Å²) in [6.07, 6.45) is 3.19. The molecular formula is C29H30ClF2N7O4. The number of rotatable bonds is 10. The number of hydrogen-bond acceptors (Lipinski definition) is 10. The maximum atomic E-state index is 14.6. The predicted octanol–water partition coefficient (Wildman–Crippen LogP) is 4.15. The Morgan fingerprint density at radius 3 is 2.65 bits per heavy atom. The third-order valence-corrected chi connectivity index (χ3v) is 7.77. The molecule has 5 heterocycles. The molecule has 14 heteroatoms. The second-order valence-corrected chi connectivity index (χ2v) is 11.0. The number of ether oxygens (including phenoxy) is 3. The molecule has 0 unspecified atom stereocenters. The molecule has 0 amide bonds. The Kier molecular flexibility index (Phi) is 8.73. The Labute approximate surface area is 251 Å². The molecule has 6 rings (SSSR count). The summed E-state index contributed by atoms with van der Waals surface area (Å²) in [6, 6.07) is 5.96. The molecule has 1 atom stereocenters. The average Bonchev–Trinajstić information content (AvgIpc) is 3.31. The quantitative estimate of drug-likeness (QED) is 0.241. The molecule has 0 bridgehead atoms. The van der Waals surface area contributed by atoms with Crippen LogP contribution in [0.25, 0.3) is 11.2 Å². The number of nitrogens with zero attached hydrogens (tertiary/aromatic N) is 7. The Balaban J connectivity index is 1.11. The first-order valence-electron chi connectivity index (χ1n) is 14.2. The molecule has 0 radical (unpaired) electrons. The molecule has 2 aliphatic rings. The number of imidazole rings is 1. The maximum absolute atomic E-state index is 14.6. The summed E-state index contributed by atoms with van der Waals surface area (Å²) in [5.74, 6) is -0.786. The topological polar surface area (TPSA) is 117 Å². The van der Waals surface area contributed by atoms with Gasteiger partial charge in [0.2, 0.25) is 5.82 Å². The monoisotopic (exact) mass is 613 g/mol. The van der Waals surface area contributed by atoms with Crippen LogP contribution in [0.3, 0.4) is 0 Å².